The van der Waals surface area contributed by atoms with E-state index in [1.165, 1.54) is 21.3 Å². The zero-order chi connectivity index (χ0) is 20.7. The van der Waals surface area contributed by atoms with Gasteiger partial charge in [0.05, 0.1) is 42.7 Å². The van der Waals surface area contributed by atoms with Gasteiger partial charge in [0.2, 0.25) is 0 Å². The number of ketones is 1. The lowest BCUT2D eigenvalue weighted by Gasteiger charge is -2.17. The molecule has 0 unspecified atom stereocenters. The molecule has 0 spiro atoms. The molecule has 28 heavy (non-hydrogen) atoms. The molecule has 0 fully saturated rings. The van der Waals surface area contributed by atoms with E-state index >= 15 is 0 Å². The van der Waals surface area contributed by atoms with E-state index in [9.17, 15) is 4.79 Å². The second-order valence-electron chi connectivity index (χ2n) is 5.82. The zero-order valence-electron chi connectivity index (χ0n) is 17.1. The number of carbonyl (C=O) groups excluding carboxylic acids is 1. The maximum absolute atomic E-state index is 13.0. The molecule has 7 heteroatoms. The molecule has 0 saturated heterocycles. The molecule has 0 bridgehead atoms. The van der Waals surface area contributed by atoms with Crippen molar-refractivity contribution in [1.82, 2.24) is 0 Å². The van der Waals surface area contributed by atoms with Crippen LogP contribution in [0.1, 0.15) is 22.3 Å². The van der Waals surface area contributed by atoms with Gasteiger partial charge in [0.25, 0.3) is 0 Å². The molecule has 0 saturated carbocycles. The van der Waals surface area contributed by atoms with Gasteiger partial charge in [0.1, 0.15) is 17.1 Å². The molecule has 0 aliphatic heterocycles. The van der Waals surface area contributed by atoms with E-state index in [-0.39, 0.29) is 12.2 Å². The third-order valence-corrected chi connectivity index (χ3v) is 4.39. The fourth-order valence-corrected chi connectivity index (χ4v) is 3.04. The Morgan fingerprint density at radius 1 is 0.714 bits per heavy atom. The van der Waals surface area contributed by atoms with Crippen LogP contribution < -0.4 is 28.4 Å². The number of ether oxygens (including phenoxy) is 6. The molecule has 0 N–H and O–H groups in total. The minimum Gasteiger partial charge on any atom is -0.497 e. The normalized spacial score (nSPS) is 10.2. The monoisotopic (exact) mass is 390 g/mol. The van der Waals surface area contributed by atoms with Gasteiger partial charge in [-0.15, -0.1) is 0 Å². The van der Waals surface area contributed by atoms with E-state index < -0.39 is 0 Å². The van der Waals surface area contributed by atoms with Gasteiger partial charge in [-0.25, -0.2) is 0 Å². The van der Waals surface area contributed by atoms with Gasteiger partial charge in [-0.1, -0.05) is 0 Å². The van der Waals surface area contributed by atoms with Crippen LogP contribution in [-0.4, -0.2) is 48.4 Å². The van der Waals surface area contributed by atoms with Crippen molar-refractivity contribution < 1.29 is 33.2 Å². The molecular weight excluding hydrogens is 364 g/mol. The van der Waals surface area contributed by atoms with Crippen molar-refractivity contribution in [3.05, 3.63) is 35.4 Å². The molecule has 0 heterocycles. The van der Waals surface area contributed by atoms with Crippen LogP contribution in [0.2, 0.25) is 0 Å². The van der Waals surface area contributed by atoms with Gasteiger partial charge >= 0.3 is 0 Å². The molecule has 0 amide bonds. The lowest BCUT2D eigenvalue weighted by atomic mass is 9.99. The van der Waals surface area contributed by atoms with Crippen LogP contribution in [0.3, 0.4) is 0 Å². The van der Waals surface area contributed by atoms with Gasteiger partial charge < -0.3 is 28.4 Å². The highest BCUT2D eigenvalue weighted by molar-refractivity contribution is 6.02. The Balaban J connectivity index is 2.37. The third-order valence-electron chi connectivity index (χ3n) is 4.39. The van der Waals surface area contributed by atoms with Crippen molar-refractivity contribution in [2.24, 2.45) is 0 Å². The molecule has 0 aliphatic carbocycles. The summed E-state index contributed by atoms with van der Waals surface area (Å²) >= 11 is 0. The number of rotatable bonds is 10. The Morgan fingerprint density at radius 2 is 1.32 bits per heavy atom. The summed E-state index contributed by atoms with van der Waals surface area (Å²) < 4.78 is 32.2. The number of hydrogen-bond donors (Lipinski definition) is 0. The molecule has 2 aromatic rings. The van der Waals surface area contributed by atoms with Gasteiger partial charge in [0.15, 0.2) is 28.8 Å². The van der Waals surface area contributed by atoms with E-state index in [4.69, 9.17) is 28.4 Å². The molecule has 7 nitrogen and oxygen atoms in total. The first kappa shape index (κ1) is 21.2. The van der Waals surface area contributed by atoms with Crippen LogP contribution >= 0.6 is 0 Å². The van der Waals surface area contributed by atoms with Crippen LogP contribution in [0.5, 0.6) is 34.5 Å². The number of methoxy groups -OCH3 is 6. The molecule has 0 aromatic heterocycles. The second-order valence-corrected chi connectivity index (χ2v) is 5.82. The summed E-state index contributed by atoms with van der Waals surface area (Å²) in [5.74, 6) is 2.83. The van der Waals surface area contributed by atoms with E-state index in [0.717, 1.165) is 5.56 Å². The molecule has 2 rings (SSSR count). The number of carbonyl (C=O) groups is 1. The first-order valence-corrected chi connectivity index (χ1v) is 8.65. The molecule has 0 aliphatic rings. The quantitative estimate of drug-likeness (QED) is 0.575. The zero-order valence-corrected chi connectivity index (χ0v) is 17.1. The first-order valence-electron chi connectivity index (χ1n) is 8.65. The maximum Gasteiger partial charge on any atom is 0.175 e. The molecule has 0 atom stereocenters. The predicted molar refractivity (Wildman–Crippen MR) is 105 cm³/mol. The van der Waals surface area contributed by atoms with Crippen molar-refractivity contribution in [3.63, 3.8) is 0 Å². The van der Waals surface area contributed by atoms with Gasteiger partial charge in [-0.2, -0.15) is 0 Å². The van der Waals surface area contributed by atoms with Crippen molar-refractivity contribution in [2.75, 3.05) is 42.7 Å². The Hall–Kier alpha value is -3.09. The average Bonchev–Trinajstić information content (AvgIpc) is 2.75. The van der Waals surface area contributed by atoms with Crippen LogP contribution in [-0.2, 0) is 6.42 Å². The average molecular weight is 390 g/mol. The molecule has 2 aromatic carbocycles. The van der Waals surface area contributed by atoms with E-state index in [0.29, 0.717) is 46.5 Å². The smallest absolute Gasteiger partial charge is 0.175 e. The van der Waals surface area contributed by atoms with Crippen molar-refractivity contribution in [3.8, 4) is 34.5 Å². The number of hydrogen-bond acceptors (Lipinski definition) is 7. The van der Waals surface area contributed by atoms with Crippen LogP contribution in [0.25, 0.3) is 0 Å². The summed E-state index contributed by atoms with van der Waals surface area (Å²) in [6.45, 7) is 0. The summed E-state index contributed by atoms with van der Waals surface area (Å²) in [4.78, 5) is 13.0. The van der Waals surface area contributed by atoms with Crippen molar-refractivity contribution in [1.29, 1.82) is 0 Å². The Bertz CT molecular complexity index is 830. The van der Waals surface area contributed by atoms with Crippen molar-refractivity contribution >= 4 is 5.78 Å². The predicted octanol–water partition coefficient (Wildman–Crippen LogP) is 3.55. The van der Waals surface area contributed by atoms with E-state index in [1.807, 2.05) is 6.07 Å². The molecule has 152 valence electrons. The van der Waals surface area contributed by atoms with Crippen LogP contribution in [0.15, 0.2) is 24.3 Å². The Kier molecular flexibility index (Phi) is 7.37. The lowest BCUT2D eigenvalue weighted by molar-refractivity contribution is 0.0975. The largest absolute Gasteiger partial charge is 0.497 e. The minimum atomic E-state index is -0.142. The summed E-state index contributed by atoms with van der Waals surface area (Å²) in [6.07, 6.45) is 0.617. The van der Waals surface area contributed by atoms with Crippen LogP contribution in [0, 0.1) is 0 Å². The van der Waals surface area contributed by atoms with Crippen molar-refractivity contribution in [2.45, 2.75) is 12.8 Å². The number of Topliss-reactive ketones (excluding diaryl/α,β-unsaturated/α-hetero) is 1. The summed E-state index contributed by atoms with van der Waals surface area (Å²) in [5, 5.41) is 0. The Morgan fingerprint density at radius 3 is 1.86 bits per heavy atom. The first-order chi connectivity index (χ1) is 13.5. The highest BCUT2D eigenvalue weighted by Gasteiger charge is 2.23. The summed E-state index contributed by atoms with van der Waals surface area (Å²) in [6, 6.07) is 6.95. The van der Waals surface area contributed by atoms with Gasteiger partial charge in [-0.3, -0.25) is 4.79 Å². The number of aryl methyl sites for hydroxylation is 1. The fraction of sp³-hybridized carbons (Fsp3) is 0.381. The molecular formula is C21H26O7. The lowest BCUT2D eigenvalue weighted by Crippen LogP contribution is -2.08. The van der Waals surface area contributed by atoms with Gasteiger partial charge in [-0.05, 0) is 24.6 Å². The standard InChI is InChI=1S/C21H26O7/c1-23-14-11-13(20(27-5)18(12-14)26-4)7-8-15(22)19-16(24-2)9-10-17(25-3)21(19)28-6/h9-12H,7-8H2,1-6H3. The summed E-state index contributed by atoms with van der Waals surface area (Å²) in [5.41, 5.74) is 1.14. The summed E-state index contributed by atoms with van der Waals surface area (Å²) in [7, 11) is 9.20. The van der Waals surface area contributed by atoms with E-state index in [1.54, 1.807) is 39.5 Å². The Labute approximate surface area is 165 Å². The minimum absolute atomic E-state index is 0.142. The second kappa shape index (κ2) is 9.73. The fourth-order valence-electron chi connectivity index (χ4n) is 3.04. The highest BCUT2D eigenvalue weighted by atomic mass is 16.5. The van der Waals surface area contributed by atoms with Crippen LogP contribution in [0.4, 0.5) is 0 Å². The SMILES string of the molecule is COc1cc(CCC(=O)c2c(OC)ccc(OC)c2OC)c(OC)c(OC)c1. The topological polar surface area (TPSA) is 72.5 Å². The van der Waals surface area contributed by atoms with Gasteiger partial charge in [0, 0.05) is 18.1 Å². The van der Waals surface area contributed by atoms with E-state index in [2.05, 4.69) is 0 Å². The third kappa shape index (κ3) is 4.24. The maximum atomic E-state index is 13.0. The number of benzene rings is 2. The molecule has 0 radical (unpaired) electrons. The highest BCUT2D eigenvalue weighted by Crippen LogP contribution is 2.39.